The third-order valence-electron chi connectivity index (χ3n) is 4.20. The Bertz CT molecular complexity index is 727. The normalized spacial score (nSPS) is 18.5. The van der Waals surface area contributed by atoms with Crippen molar-refractivity contribution in [2.75, 3.05) is 12.8 Å². The van der Waals surface area contributed by atoms with Gasteiger partial charge in [-0.1, -0.05) is 35.6 Å². The van der Waals surface area contributed by atoms with Crippen molar-refractivity contribution in [2.45, 2.75) is 38.4 Å². The van der Waals surface area contributed by atoms with Crippen LogP contribution in [0.15, 0.2) is 24.3 Å². The van der Waals surface area contributed by atoms with Crippen molar-refractivity contribution in [3.8, 4) is 0 Å². The van der Waals surface area contributed by atoms with Gasteiger partial charge in [0.15, 0.2) is 0 Å². The highest BCUT2D eigenvalue weighted by molar-refractivity contribution is 7.15. The number of fused-ring (bicyclic) bond motifs is 1. The van der Waals surface area contributed by atoms with Crippen molar-refractivity contribution >= 4 is 22.4 Å². The second-order valence-corrected chi connectivity index (χ2v) is 7.47. The van der Waals surface area contributed by atoms with E-state index < -0.39 is 5.54 Å². The highest BCUT2D eigenvalue weighted by Gasteiger charge is 2.34. The number of nitrogens with zero attached hydrogens (tertiary/aromatic N) is 3. The molecule has 1 atom stereocenters. The zero-order valence-electron chi connectivity index (χ0n) is 13.5. The number of nitrogens with one attached hydrogen (secondary N) is 1. The van der Waals surface area contributed by atoms with Crippen LogP contribution >= 0.6 is 11.3 Å². The third kappa shape index (κ3) is 3.20. The predicted octanol–water partition coefficient (Wildman–Crippen LogP) is 1.53. The van der Waals surface area contributed by atoms with E-state index in [2.05, 4.69) is 32.5 Å². The maximum Gasteiger partial charge on any atom is 0.238 e. The van der Waals surface area contributed by atoms with Crippen molar-refractivity contribution in [2.24, 2.45) is 0 Å². The molecule has 0 aliphatic carbocycles. The van der Waals surface area contributed by atoms with E-state index in [1.54, 1.807) is 0 Å². The molecule has 0 saturated carbocycles. The standard InChI is InChI=1S/C16H21N5OS/c1-16(2,14-19-20-15(17)23-14)18-13(22)12-8-10-6-4-5-7-11(10)9-21(12)3/h4-7,12H,8-9H2,1-3H3,(H2,17,20)(H,18,22)/t12-/m0/s1. The number of hydrogen-bond donors (Lipinski definition) is 2. The van der Waals surface area contributed by atoms with E-state index in [-0.39, 0.29) is 11.9 Å². The van der Waals surface area contributed by atoms with Gasteiger partial charge in [0.1, 0.15) is 5.01 Å². The van der Waals surface area contributed by atoms with Gasteiger partial charge >= 0.3 is 0 Å². The molecular weight excluding hydrogens is 310 g/mol. The first-order chi connectivity index (χ1) is 10.9. The average Bonchev–Trinajstić information content (AvgIpc) is 2.93. The molecule has 0 saturated heterocycles. The second kappa shape index (κ2) is 5.90. The van der Waals surface area contributed by atoms with Gasteiger partial charge in [-0.05, 0) is 38.4 Å². The number of nitrogens with two attached hydrogens (primary N) is 1. The monoisotopic (exact) mass is 331 g/mol. The second-order valence-electron chi connectivity index (χ2n) is 6.46. The molecular formula is C16H21N5OS. The van der Waals surface area contributed by atoms with Gasteiger partial charge in [0, 0.05) is 6.54 Å². The number of amides is 1. The number of aromatic nitrogens is 2. The number of carbonyl (C=O) groups excluding carboxylic acids is 1. The number of rotatable bonds is 3. The fourth-order valence-electron chi connectivity index (χ4n) is 2.88. The summed E-state index contributed by atoms with van der Waals surface area (Å²) in [7, 11) is 1.98. The molecule has 1 aromatic heterocycles. The topological polar surface area (TPSA) is 84.1 Å². The number of likely N-dealkylation sites (N-methyl/N-ethyl adjacent to an activating group) is 1. The first kappa shape index (κ1) is 15.9. The molecule has 1 aliphatic rings. The molecule has 0 spiro atoms. The lowest BCUT2D eigenvalue weighted by molar-refractivity contribution is -0.128. The lowest BCUT2D eigenvalue weighted by Crippen LogP contribution is -2.53. The minimum absolute atomic E-state index is 0.000717. The van der Waals surface area contributed by atoms with Crippen molar-refractivity contribution in [3.63, 3.8) is 0 Å². The molecule has 0 unspecified atom stereocenters. The van der Waals surface area contributed by atoms with E-state index in [0.29, 0.717) is 16.6 Å². The average molecular weight is 331 g/mol. The van der Waals surface area contributed by atoms with Crippen LogP contribution in [0.2, 0.25) is 0 Å². The van der Waals surface area contributed by atoms with E-state index in [1.165, 1.54) is 22.5 Å². The Morgan fingerprint density at radius 1 is 1.35 bits per heavy atom. The van der Waals surface area contributed by atoms with Crippen molar-refractivity contribution in [1.29, 1.82) is 0 Å². The van der Waals surface area contributed by atoms with Crippen LogP contribution in [-0.2, 0) is 23.3 Å². The first-order valence-corrected chi connectivity index (χ1v) is 8.37. The van der Waals surface area contributed by atoms with E-state index in [1.807, 2.05) is 33.0 Å². The highest BCUT2D eigenvalue weighted by Crippen LogP contribution is 2.27. The minimum atomic E-state index is -0.593. The number of anilines is 1. The van der Waals surface area contributed by atoms with Gasteiger partial charge in [-0.25, -0.2) is 0 Å². The molecule has 1 aromatic carbocycles. The Morgan fingerprint density at radius 3 is 2.70 bits per heavy atom. The molecule has 1 amide bonds. The Balaban J connectivity index is 1.76. The number of nitrogen functional groups attached to an aromatic ring is 1. The quantitative estimate of drug-likeness (QED) is 0.891. The van der Waals surface area contributed by atoms with Crippen LogP contribution in [0.5, 0.6) is 0 Å². The van der Waals surface area contributed by atoms with Crippen LogP contribution in [0.3, 0.4) is 0 Å². The minimum Gasteiger partial charge on any atom is -0.374 e. The SMILES string of the molecule is CN1Cc2ccccc2C[C@H]1C(=O)NC(C)(C)c1nnc(N)s1. The van der Waals surface area contributed by atoms with E-state index >= 15 is 0 Å². The predicted molar refractivity (Wildman–Crippen MR) is 90.9 cm³/mol. The molecule has 7 heteroatoms. The Morgan fingerprint density at radius 2 is 2.04 bits per heavy atom. The third-order valence-corrected chi connectivity index (χ3v) is 5.27. The molecule has 2 aromatic rings. The van der Waals surface area contributed by atoms with Crippen LogP contribution in [0.1, 0.15) is 30.0 Å². The summed E-state index contributed by atoms with van der Waals surface area (Å²) < 4.78 is 0. The molecule has 3 rings (SSSR count). The lowest BCUT2D eigenvalue weighted by Gasteiger charge is -2.35. The Labute approximate surface area is 139 Å². The Kier molecular flexibility index (Phi) is 4.08. The molecule has 0 fully saturated rings. The first-order valence-electron chi connectivity index (χ1n) is 7.55. The van der Waals surface area contributed by atoms with Crippen LogP contribution in [0, 0.1) is 0 Å². The molecule has 2 heterocycles. The van der Waals surface area contributed by atoms with Gasteiger partial charge in [0.25, 0.3) is 0 Å². The van der Waals surface area contributed by atoms with Crippen LogP contribution < -0.4 is 11.1 Å². The molecule has 6 nitrogen and oxygen atoms in total. The molecule has 0 bridgehead atoms. The molecule has 0 radical (unpaired) electrons. The van der Waals surface area contributed by atoms with E-state index in [4.69, 9.17) is 5.73 Å². The van der Waals surface area contributed by atoms with Gasteiger partial charge in [0.05, 0.1) is 11.6 Å². The largest absolute Gasteiger partial charge is 0.374 e. The molecule has 1 aliphatic heterocycles. The van der Waals surface area contributed by atoms with Gasteiger partial charge in [-0.15, -0.1) is 10.2 Å². The Hall–Kier alpha value is -1.99. The van der Waals surface area contributed by atoms with Gasteiger partial charge in [-0.2, -0.15) is 0 Å². The van der Waals surface area contributed by atoms with Crippen molar-refractivity contribution < 1.29 is 4.79 Å². The van der Waals surface area contributed by atoms with Gasteiger partial charge in [-0.3, -0.25) is 9.69 Å². The number of hydrogen-bond acceptors (Lipinski definition) is 6. The fraction of sp³-hybridized carbons (Fsp3) is 0.438. The fourth-order valence-corrected chi connectivity index (χ4v) is 3.55. The smallest absolute Gasteiger partial charge is 0.238 e. The molecule has 122 valence electrons. The summed E-state index contributed by atoms with van der Waals surface area (Å²) >= 11 is 1.30. The summed E-state index contributed by atoms with van der Waals surface area (Å²) in [5, 5.41) is 12.1. The summed E-state index contributed by atoms with van der Waals surface area (Å²) in [5.74, 6) is 0.000717. The summed E-state index contributed by atoms with van der Waals surface area (Å²) in [5.41, 5.74) is 7.58. The van der Waals surface area contributed by atoms with Gasteiger partial charge < -0.3 is 11.1 Å². The van der Waals surface area contributed by atoms with Crippen molar-refractivity contribution in [3.05, 3.63) is 40.4 Å². The summed E-state index contributed by atoms with van der Waals surface area (Å²) in [6.45, 7) is 4.61. The molecule has 23 heavy (non-hydrogen) atoms. The summed E-state index contributed by atoms with van der Waals surface area (Å²) in [6.07, 6.45) is 0.715. The maximum absolute atomic E-state index is 12.8. The molecule has 3 N–H and O–H groups in total. The van der Waals surface area contributed by atoms with Crippen molar-refractivity contribution in [1.82, 2.24) is 20.4 Å². The zero-order chi connectivity index (χ0) is 16.6. The zero-order valence-corrected chi connectivity index (χ0v) is 14.4. The summed E-state index contributed by atoms with van der Waals surface area (Å²) in [6, 6.07) is 8.09. The van der Waals surface area contributed by atoms with Crippen LogP contribution in [0.4, 0.5) is 5.13 Å². The van der Waals surface area contributed by atoms with E-state index in [9.17, 15) is 4.79 Å². The lowest BCUT2D eigenvalue weighted by atomic mass is 9.93. The number of carbonyl (C=O) groups is 1. The van der Waals surface area contributed by atoms with Crippen LogP contribution in [0.25, 0.3) is 0 Å². The van der Waals surface area contributed by atoms with Crippen LogP contribution in [-0.4, -0.2) is 34.1 Å². The maximum atomic E-state index is 12.8. The number of benzene rings is 1. The van der Waals surface area contributed by atoms with E-state index in [0.717, 1.165) is 6.54 Å². The summed E-state index contributed by atoms with van der Waals surface area (Å²) in [4.78, 5) is 14.9. The highest BCUT2D eigenvalue weighted by atomic mass is 32.1. The van der Waals surface area contributed by atoms with Gasteiger partial charge in [0.2, 0.25) is 11.0 Å².